The summed E-state index contributed by atoms with van der Waals surface area (Å²) in [7, 11) is 0. The van der Waals surface area contributed by atoms with Crippen molar-refractivity contribution in [2.45, 2.75) is 20.0 Å². The van der Waals surface area contributed by atoms with E-state index >= 15 is 0 Å². The Morgan fingerprint density at radius 3 is 2.88 bits per heavy atom. The average Bonchev–Trinajstić information content (AvgIpc) is 3.26. The standard InChI is InChI=1S/C19H21N3O3S/c1-2-22-11-16(19(23)24)15-9-13(3-4-17(15)22)18-20-14(12-26-18)10-21-5-7-25-8-6-21/h3-4,9,11-12H,2,5-8,10H2,1H3,(H,23,24). The van der Waals surface area contributed by atoms with E-state index in [1.165, 1.54) is 0 Å². The SMILES string of the molecule is CCn1cc(C(=O)O)c2cc(-c3nc(CN4CCOCC4)cs3)ccc21. The molecule has 136 valence electrons. The van der Waals surface area contributed by atoms with Gasteiger partial charge in [0.2, 0.25) is 0 Å². The minimum absolute atomic E-state index is 0.341. The van der Waals surface area contributed by atoms with Crippen LogP contribution < -0.4 is 0 Å². The fourth-order valence-electron chi connectivity index (χ4n) is 3.36. The van der Waals surface area contributed by atoms with Gasteiger partial charge < -0.3 is 14.4 Å². The zero-order chi connectivity index (χ0) is 18.1. The van der Waals surface area contributed by atoms with Crippen molar-refractivity contribution in [1.29, 1.82) is 0 Å². The number of carboxylic acid groups (broad SMARTS) is 1. The molecular weight excluding hydrogens is 350 g/mol. The van der Waals surface area contributed by atoms with Gasteiger partial charge in [0.15, 0.2) is 0 Å². The number of hydrogen-bond donors (Lipinski definition) is 1. The van der Waals surface area contributed by atoms with Gasteiger partial charge in [0.1, 0.15) is 5.01 Å². The Morgan fingerprint density at radius 2 is 2.15 bits per heavy atom. The summed E-state index contributed by atoms with van der Waals surface area (Å²) in [6.07, 6.45) is 1.71. The number of carboxylic acids is 1. The lowest BCUT2D eigenvalue weighted by Gasteiger charge is -2.25. The van der Waals surface area contributed by atoms with E-state index in [4.69, 9.17) is 9.72 Å². The van der Waals surface area contributed by atoms with E-state index in [9.17, 15) is 9.90 Å². The molecule has 0 spiro atoms. The molecule has 1 N–H and O–H groups in total. The molecule has 3 heterocycles. The second-order valence-corrected chi connectivity index (χ2v) is 7.26. The Bertz CT molecular complexity index is 941. The van der Waals surface area contributed by atoms with Crippen molar-refractivity contribution in [3.63, 3.8) is 0 Å². The summed E-state index contributed by atoms with van der Waals surface area (Å²) in [5, 5.41) is 13.3. The van der Waals surface area contributed by atoms with Crippen LogP contribution in [0.1, 0.15) is 23.0 Å². The normalized spacial score (nSPS) is 15.6. The van der Waals surface area contributed by atoms with Gasteiger partial charge in [0, 0.05) is 54.2 Å². The van der Waals surface area contributed by atoms with Crippen molar-refractivity contribution in [1.82, 2.24) is 14.5 Å². The molecule has 7 heteroatoms. The molecule has 0 saturated carbocycles. The number of morpholine rings is 1. The first-order valence-corrected chi connectivity index (χ1v) is 9.64. The van der Waals surface area contributed by atoms with E-state index in [0.29, 0.717) is 5.56 Å². The lowest BCUT2D eigenvalue weighted by molar-refractivity contribution is 0.0337. The zero-order valence-electron chi connectivity index (χ0n) is 14.6. The molecule has 6 nitrogen and oxygen atoms in total. The minimum atomic E-state index is -0.897. The quantitative estimate of drug-likeness (QED) is 0.745. The number of rotatable bonds is 5. The molecule has 1 saturated heterocycles. The van der Waals surface area contributed by atoms with Crippen molar-refractivity contribution in [2.75, 3.05) is 26.3 Å². The van der Waals surface area contributed by atoms with E-state index in [0.717, 1.165) is 66.6 Å². The molecule has 1 aliphatic heterocycles. The van der Waals surface area contributed by atoms with Crippen molar-refractivity contribution >= 4 is 28.2 Å². The first kappa shape index (κ1) is 17.2. The third kappa shape index (κ3) is 3.25. The van der Waals surface area contributed by atoms with E-state index in [-0.39, 0.29) is 0 Å². The molecule has 0 atom stereocenters. The number of fused-ring (bicyclic) bond motifs is 1. The van der Waals surface area contributed by atoms with Gasteiger partial charge in [-0.05, 0) is 25.1 Å². The van der Waals surface area contributed by atoms with Crippen molar-refractivity contribution in [3.8, 4) is 10.6 Å². The summed E-state index contributed by atoms with van der Waals surface area (Å²) in [5.74, 6) is -0.897. The number of hydrogen-bond acceptors (Lipinski definition) is 5. The van der Waals surface area contributed by atoms with E-state index < -0.39 is 5.97 Å². The predicted octanol–water partition coefficient (Wildman–Crippen LogP) is 3.32. The molecule has 3 aromatic rings. The molecule has 2 aromatic heterocycles. The Morgan fingerprint density at radius 1 is 1.35 bits per heavy atom. The van der Waals surface area contributed by atoms with Crippen LogP contribution >= 0.6 is 11.3 Å². The summed E-state index contributed by atoms with van der Waals surface area (Å²) in [6, 6.07) is 5.96. The van der Waals surface area contributed by atoms with Crippen LogP contribution in [0.5, 0.6) is 0 Å². The molecule has 0 unspecified atom stereocenters. The van der Waals surface area contributed by atoms with Crippen LogP contribution in [0, 0.1) is 0 Å². The van der Waals surface area contributed by atoms with Crippen LogP contribution in [0.2, 0.25) is 0 Å². The third-order valence-corrected chi connectivity index (χ3v) is 5.68. The largest absolute Gasteiger partial charge is 0.478 e. The van der Waals surface area contributed by atoms with Gasteiger partial charge in [-0.15, -0.1) is 11.3 Å². The molecular formula is C19H21N3O3S. The van der Waals surface area contributed by atoms with E-state index in [1.807, 2.05) is 29.7 Å². The summed E-state index contributed by atoms with van der Waals surface area (Å²) in [6.45, 7) is 7.01. The van der Waals surface area contributed by atoms with Gasteiger partial charge in [0.25, 0.3) is 0 Å². The number of aryl methyl sites for hydroxylation is 1. The number of aromatic nitrogens is 2. The number of carbonyl (C=O) groups is 1. The molecule has 0 bridgehead atoms. The highest BCUT2D eigenvalue weighted by molar-refractivity contribution is 7.13. The number of thiazole rings is 1. The maximum Gasteiger partial charge on any atom is 0.337 e. The zero-order valence-corrected chi connectivity index (χ0v) is 15.5. The smallest absolute Gasteiger partial charge is 0.337 e. The molecule has 1 aromatic carbocycles. The van der Waals surface area contributed by atoms with Gasteiger partial charge in [-0.3, -0.25) is 4.90 Å². The first-order valence-electron chi connectivity index (χ1n) is 8.76. The van der Waals surface area contributed by atoms with Crippen LogP contribution in [0.4, 0.5) is 0 Å². The number of nitrogens with zero attached hydrogens (tertiary/aromatic N) is 3. The fraction of sp³-hybridized carbons (Fsp3) is 0.368. The van der Waals surface area contributed by atoms with Gasteiger partial charge in [-0.2, -0.15) is 0 Å². The third-order valence-electron chi connectivity index (χ3n) is 4.74. The van der Waals surface area contributed by atoms with Gasteiger partial charge in [-0.25, -0.2) is 9.78 Å². The lowest BCUT2D eigenvalue weighted by atomic mass is 10.1. The molecule has 0 radical (unpaired) electrons. The molecule has 1 aliphatic rings. The second kappa shape index (κ2) is 7.19. The number of ether oxygens (including phenoxy) is 1. The monoisotopic (exact) mass is 371 g/mol. The molecule has 0 amide bonds. The highest BCUT2D eigenvalue weighted by atomic mass is 32.1. The van der Waals surface area contributed by atoms with Gasteiger partial charge in [-0.1, -0.05) is 0 Å². The summed E-state index contributed by atoms with van der Waals surface area (Å²) in [4.78, 5) is 18.7. The summed E-state index contributed by atoms with van der Waals surface area (Å²) < 4.78 is 7.35. The number of aromatic carboxylic acids is 1. The van der Waals surface area contributed by atoms with Gasteiger partial charge >= 0.3 is 5.97 Å². The number of benzene rings is 1. The highest BCUT2D eigenvalue weighted by Crippen LogP contribution is 2.30. The van der Waals surface area contributed by atoms with Crippen LogP contribution in [-0.2, 0) is 17.8 Å². The van der Waals surface area contributed by atoms with E-state index in [2.05, 4.69) is 10.3 Å². The molecule has 1 fully saturated rings. The Kier molecular flexibility index (Phi) is 4.76. The van der Waals surface area contributed by atoms with Crippen molar-refractivity contribution in [3.05, 3.63) is 41.0 Å². The van der Waals surface area contributed by atoms with Crippen LogP contribution in [-0.4, -0.2) is 51.8 Å². The Hall–Kier alpha value is -2.22. The minimum Gasteiger partial charge on any atom is -0.478 e. The van der Waals surface area contributed by atoms with Crippen molar-refractivity contribution < 1.29 is 14.6 Å². The maximum absolute atomic E-state index is 11.6. The fourth-order valence-corrected chi connectivity index (χ4v) is 4.17. The van der Waals surface area contributed by atoms with Gasteiger partial charge in [0.05, 0.1) is 24.5 Å². The molecule has 26 heavy (non-hydrogen) atoms. The average molecular weight is 371 g/mol. The van der Waals surface area contributed by atoms with Crippen LogP contribution in [0.3, 0.4) is 0 Å². The van der Waals surface area contributed by atoms with Crippen LogP contribution in [0.25, 0.3) is 21.5 Å². The predicted molar refractivity (Wildman–Crippen MR) is 102 cm³/mol. The molecule has 4 rings (SSSR count). The van der Waals surface area contributed by atoms with E-state index in [1.54, 1.807) is 17.5 Å². The maximum atomic E-state index is 11.6. The lowest BCUT2D eigenvalue weighted by Crippen LogP contribution is -2.35. The second-order valence-electron chi connectivity index (χ2n) is 6.40. The van der Waals surface area contributed by atoms with Crippen LogP contribution in [0.15, 0.2) is 29.8 Å². The topological polar surface area (TPSA) is 67.6 Å². The first-order chi connectivity index (χ1) is 12.7. The Labute approximate surface area is 155 Å². The highest BCUT2D eigenvalue weighted by Gasteiger charge is 2.16. The van der Waals surface area contributed by atoms with Crippen molar-refractivity contribution in [2.24, 2.45) is 0 Å². The summed E-state index contributed by atoms with van der Waals surface area (Å²) in [5.41, 5.74) is 3.30. The summed E-state index contributed by atoms with van der Waals surface area (Å²) >= 11 is 1.60. The Balaban J connectivity index is 1.64. The molecule has 0 aliphatic carbocycles.